The van der Waals surface area contributed by atoms with Crippen LogP contribution >= 0.6 is 0 Å². The lowest BCUT2D eigenvalue weighted by molar-refractivity contribution is -0.129. The van der Waals surface area contributed by atoms with Gasteiger partial charge in [0.2, 0.25) is 0 Å². The van der Waals surface area contributed by atoms with Gasteiger partial charge in [-0.1, -0.05) is 19.1 Å². The van der Waals surface area contributed by atoms with Gasteiger partial charge < -0.3 is 5.32 Å². The van der Waals surface area contributed by atoms with Crippen molar-refractivity contribution < 1.29 is 4.79 Å². The average Bonchev–Trinajstić information content (AvgIpc) is 2.87. The number of aryl methyl sites for hydroxylation is 1. The summed E-state index contributed by atoms with van der Waals surface area (Å²) in [6.45, 7) is 5.98. The van der Waals surface area contributed by atoms with Gasteiger partial charge in [-0.05, 0) is 18.9 Å². The molecule has 5 nitrogen and oxygen atoms in total. The third kappa shape index (κ3) is 2.24. The molecule has 1 aromatic rings. The maximum atomic E-state index is 12.5. The molecule has 17 heavy (non-hydrogen) atoms. The molecule has 0 aromatic carbocycles. The van der Waals surface area contributed by atoms with Crippen molar-refractivity contribution in [1.82, 2.24) is 20.3 Å². The molecule has 0 bridgehead atoms. The Kier molecular flexibility index (Phi) is 3.28. The number of nitrogens with one attached hydrogen (secondary N) is 1. The molecule has 2 rings (SSSR count). The summed E-state index contributed by atoms with van der Waals surface area (Å²) in [6, 6.07) is 0. The van der Waals surface area contributed by atoms with Gasteiger partial charge in [-0.2, -0.15) is 0 Å². The predicted octanol–water partition coefficient (Wildman–Crippen LogP) is 0.562. The van der Waals surface area contributed by atoms with Crippen molar-refractivity contribution in [2.75, 3.05) is 13.1 Å². The Balaban J connectivity index is 2.12. The number of carbonyl (C=O) groups is 1. The monoisotopic (exact) mass is 236 g/mol. The molecule has 1 aliphatic heterocycles. The third-order valence-electron chi connectivity index (χ3n) is 3.84. The van der Waals surface area contributed by atoms with E-state index in [-0.39, 0.29) is 11.2 Å². The van der Waals surface area contributed by atoms with Crippen molar-refractivity contribution in [2.24, 2.45) is 18.4 Å². The number of ketones is 1. The zero-order valence-corrected chi connectivity index (χ0v) is 10.7. The highest BCUT2D eigenvalue weighted by molar-refractivity contribution is 5.87. The number of hydrogen-bond acceptors (Lipinski definition) is 4. The number of carbonyl (C=O) groups excluding carboxylic acids is 1. The van der Waals surface area contributed by atoms with Crippen molar-refractivity contribution >= 4 is 5.78 Å². The van der Waals surface area contributed by atoms with E-state index in [9.17, 15) is 4.79 Å². The maximum Gasteiger partial charge on any atom is 0.146 e. The van der Waals surface area contributed by atoms with Crippen molar-refractivity contribution in [3.05, 3.63) is 11.9 Å². The summed E-state index contributed by atoms with van der Waals surface area (Å²) in [5.74, 6) is 0.652. The van der Waals surface area contributed by atoms with E-state index in [0.29, 0.717) is 12.3 Å². The van der Waals surface area contributed by atoms with Crippen LogP contribution in [0, 0.1) is 11.3 Å². The smallest absolute Gasteiger partial charge is 0.146 e. The number of rotatable bonds is 4. The van der Waals surface area contributed by atoms with Crippen LogP contribution in [0.15, 0.2) is 6.20 Å². The molecular weight excluding hydrogens is 216 g/mol. The largest absolute Gasteiger partial charge is 0.316 e. The topological polar surface area (TPSA) is 59.8 Å². The molecular formula is C12H20N4O. The molecule has 1 fully saturated rings. The molecule has 1 atom stereocenters. The van der Waals surface area contributed by atoms with Gasteiger partial charge in [-0.25, -0.2) is 0 Å². The summed E-state index contributed by atoms with van der Waals surface area (Å²) in [7, 11) is 1.82. The SMILES string of the molecule is CC(C)C1(C(=O)Cc2cn(C)nn2)CCNC1. The zero-order valence-electron chi connectivity index (χ0n) is 10.7. The summed E-state index contributed by atoms with van der Waals surface area (Å²) in [6.07, 6.45) is 3.14. The standard InChI is InChI=1S/C12H20N4O/c1-9(2)12(4-5-13-8-12)11(17)6-10-7-16(3)15-14-10/h7,9,13H,4-6,8H2,1-3H3. The second-order valence-electron chi connectivity index (χ2n) is 5.22. The second kappa shape index (κ2) is 4.56. The van der Waals surface area contributed by atoms with Crippen molar-refractivity contribution in [3.63, 3.8) is 0 Å². The lowest BCUT2D eigenvalue weighted by Gasteiger charge is -2.30. The van der Waals surface area contributed by atoms with Crippen LogP contribution < -0.4 is 5.32 Å². The zero-order chi connectivity index (χ0) is 12.5. The van der Waals surface area contributed by atoms with Crippen LogP contribution in [-0.2, 0) is 18.3 Å². The summed E-state index contributed by atoms with van der Waals surface area (Å²) >= 11 is 0. The number of nitrogens with zero attached hydrogens (tertiary/aromatic N) is 3. The van der Waals surface area contributed by atoms with Gasteiger partial charge >= 0.3 is 0 Å². The molecule has 1 unspecified atom stereocenters. The van der Waals surface area contributed by atoms with E-state index in [0.717, 1.165) is 25.2 Å². The molecule has 0 aliphatic carbocycles. The Bertz CT molecular complexity index is 404. The van der Waals surface area contributed by atoms with Crippen molar-refractivity contribution in [3.8, 4) is 0 Å². The third-order valence-corrected chi connectivity index (χ3v) is 3.84. The molecule has 94 valence electrons. The number of hydrogen-bond donors (Lipinski definition) is 1. The Labute approximate surface area is 102 Å². The van der Waals surface area contributed by atoms with Gasteiger partial charge in [0, 0.05) is 25.2 Å². The van der Waals surface area contributed by atoms with E-state index in [1.165, 1.54) is 0 Å². The number of Topliss-reactive ketones (excluding diaryl/α,β-unsaturated/α-hetero) is 1. The van der Waals surface area contributed by atoms with Crippen LogP contribution in [0.25, 0.3) is 0 Å². The fraction of sp³-hybridized carbons (Fsp3) is 0.750. The molecule has 2 heterocycles. The average molecular weight is 236 g/mol. The second-order valence-corrected chi connectivity index (χ2v) is 5.22. The quantitative estimate of drug-likeness (QED) is 0.830. The molecule has 1 N–H and O–H groups in total. The summed E-state index contributed by atoms with van der Waals surface area (Å²) in [4.78, 5) is 12.5. The Morgan fingerprint density at radius 3 is 2.88 bits per heavy atom. The van der Waals surface area contributed by atoms with Crippen LogP contribution in [0.4, 0.5) is 0 Å². The fourth-order valence-electron chi connectivity index (χ4n) is 2.58. The minimum atomic E-state index is -0.211. The molecule has 0 saturated carbocycles. The van der Waals surface area contributed by atoms with Crippen LogP contribution in [0.3, 0.4) is 0 Å². The van der Waals surface area contributed by atoms with Gasteiger partial charge in [0.25, 0.3) is 0 Å². The fourth-order valence-corrected chi connectivity index (χ4v) is 2.58. The van der Waals surface area contributed by atoms with E-state index < -0.39 is 0 Å². The minimum absolute atomic E-state index is 0.211. The first-order valence-electron chi connectivity index (χ1n) is 6.14. The van der Waals surface area contributed by atoms with Crippen molar-refractivity contribution in [1.29, 1.82) is 0 Å². The van der Waals surface area contributed by atoms with E-state index in [1.807, 2.05) is 13.2 Å². The molecule has 1 aliphatic rings. The van der Waals surface area contributed by atoms with Crippen LogP contribution in [0.1, 0.15) is 26.0 Å². The Morgan fingerprint density at radius 2 is 2.41 bits per heavy atom. The number of aromatic nitrogens is 3. The molecule has 1 aromatic heterocycles. The van der Waals surface area contributed by atoms with E-state index in [4.69, 9.17) is 0 Å². The van der Waals surface area contributed by atoms with Crippen LogP contribution in [0.2, 0.25) is 0 Å². The molecule has 0 radical (unpaired) electrons. The normalized spacial score (nSPS) is 24.5. The molecule has 5 heteroatoms. The first-order valence-corrected chi connectivity index (χ1v) is 6.14. The Hall–Kier alpha value is -1.23. The lowest BCUT2D eigenvalue weighted by atomic mass is 9.72. The molecule has 0 spiro atoms. The minimum Gasteiger partial charge on any atom is -0.316 e. The predicted molar refractivity (Wildman–Crippen MR) is 64.5 cm³/mol. The highest BCUT2D eigenvalue weighted by Gasteiger charge is 2.43. The highest BCUT2D eigenvalue weighted by atomic mass is 16.1. The van der Waals surface area contributed by atoms with Crippen LogP contribution in [-0.4, -0.2) is 33.9 Å². The summed E-state index contributed by atoms with van der Waals surface area (Å²) in [5, 5.41) is 11.2. The van der Waals surface area contributed by atoms with Gasteiger partial charge in [0.05, 0.1) is 12.1 Å². The summed E-state index contributed by atoms with van der Waals surface area (Å²) in [5.41, 5.74) is 0.557. The first kappa shape index (κ1) is 12.2. The van der Waals surface area contributed by atoms with Gasteiger partial charge in [0.15, 0.2) is 0 Å². The van der Waals surface area contributed by atoms with E-state index >= 15 is 0 Å². The van der Waals surface area contributed by atoms with Gasteiger partial charge in [0.1, 0.15) is 5.78 Å². The summed E-state index contributed by atoms with van der Waals surface area (Å²) < 4.78 is 1.64. The molecule has 1 saturated heterocycles. The van der Waals surface area contributed by atoms with E-state index in [1.54, 1.807) is 4.68 Å². The maximum absolute atomic E-state index is 12.5. The van der Waals surface area contributed by atoms with Crippen molar-refractivity contribution in [2.45, 2.75) is 26.7 Å². The first-order chi connectivity index (χ1) is 8.04. The van der Waals surface area contributed by atoms with Gasteiger partial charge in [-0.15, -0.1) is 5.10 Å². The lowest BCUT2D eigenvalue weighted by Crippen LogP contribution is -2.39. The van der Waals surface area contributed by atoms with Crippen LogP contribution in [0.5, 0.6) is 0 Å². The van der Waals surface area contributed by atoms with Gasteiger partial charge in [-0.3, -0.25) is 9.48 Å². The Morgan fingerprint density at radius 1 is 1.65 bits per heavy atom. The van der Waals surface area contributed by atoms with E-state index in [2.05, 4.69) is 29.5 Å². The molecule has 0 amide bonds. The highest BCUT2D eigenvalue weighted by Crippen LogP contribution is 2.35.